The van der Waals surface area contributed by atoms with Crippen molar-refractivity contribution in [2.45, 2.75) is 45.1 Å². The van der Waals surface area contributed by atoms with Crippen molar-refractivity contribution in [3.63, 3.8) is 0 Å². The molecule has 0 radical (unpaired) electrons. The van der Waals surface area contributed by atoms with Gasteiger partial charge in [0, 0.05) is 36.5 Å². The third-order valence-corrected chi connectivity index (χ3v) is 5.24. The fourth-order valence-corrected chi connectivity index (χ4v) is 3.88. The van der Waals surface area contributed by atoms with Gasteiger partial charge >= 0.3 is 0 Å². The number of anilines is 1. The first-order valence-corrected chi connectivity index (χ1v) is 8.96. The number of hydrogen-bond donors (Lipinski definition) is 1. The van der Waals surface area contributed by atoms with E-state index in [2.05, 4.69) is 9.88 Å². The predicted octanol–water partition coefficient (Wildman–Crippen LogP) is 2.62. The van der Waals surface area contributed by atoms with Crippen molar-refractivity contribution in [2.75, 3.05) is 18.0 Å². The smallest absolute Gasteiger partial charge is 0.180 e. The maximum absolute atomic E-state index is 10.00. The largest absolute Gasteiger partial charge is 0.393 e. The number of piperidine rings is 1. The lowest BCUT2D eigenvalue weighted by molar-refractivity contribution is 0.115. The van der Waals surface area contributed by atoms with Gasteiger partial charge in [-0.1, -0.05) is 6.07 Å². The second-order valence-electron chi connectivity index (χ2n) is 6.95. The summed E-state index contributed by atoms with van der Waals surface area (Å²) in [6.07, 6.45) is 6.95. The Morgan fingerprint density at radius 2 is 2.12 bits per heavy atom. The lowest BCUT2D eigenvalue weighted by Crippen LogP contribution is -2.40. The summed E-state index contributed by atoms with van der Waals surface area (Å²) in [6.45, 7) is 3.79. The molecule has 1 saturated heterocycles. The molecular weight excluding hydrogens is 300 g/mol. The van der Waals surface area contributed by atoms with Gasteiger partial charge in [0.05, 0.1) is 6.10 Å². The van der Waals surface area contributed by atoms with Crippen LogP contribution in [0.5, 0.6) is 0 Å². The Kier molecular flexibility index (Phi) is 4.19. The summed E-state index contributed by atoms with van der Waals surface area (Å²) in [5.74, 6) is 2.12. The molecule has 1 aliphatic heterocycles. The van der Waals surface area contributed by atoms with Gasteiger partial charge in [-0.3, -0.25) is 4.98 Å². The van der Waals surface area contributed by atoms with Crippen molar-refractivity contribution >= 4 is 5.82 Å². The van der Waals surface area contributed by atoms with E-state index in [0.717, 1.165) is 62.5 Å². The molecule has 5 nitrogen and oxygen atoms in total. The summed E-state index contributed by atoms with van der Waals surface area (Å²) < 4.78 is 0. The molecule has 2 atom stereocenters. The van der Waals surface area contributed by atoms with Crippen molar-refractivity contribution < 1.29 is 5.11 Å². The molecule has 2 aromatic rings. The minimum absolute atomic E-state index is 0.266. The molecule has 0 aromatic carbocycles. The highest BCUT2D eigenvalue weighted by Crippen LogP contribution is 2.33. The fraction of sp³-hybridized carbons (Fsp3) is 0.526. The minimum atomic E-state index is -0.266. The van der Waals surface area contributed by atoms with Crippen LogP contribution in [0.4, 0.5) is 5.82 Å². The zero-order valence-corrected chi connectivity index (χ0v) is 14.1. The van der Waals surface area contributed by atoms with Crippen LogP contribution in [0.15, 0.2) is 24.4 Å². The molecule has 1 N–H and O–H groups in total. The van der Waals surface area contributed by atoms with Crippen LogP contribution >= 0.6 is 0 Å². The molecular formula is C19H24N4O. The van der Waals surface area contributed by atoms with Crippen molar-refractivity contribution in [2.24, 2.45) is 5.92 Å². The molecule has 5 heteroatoms. The molecule has 2 aliphatic rings. The predicted molar refractivity (Wildman–Crippen MR) is 93.9 cm³/mol. The molecule has 126 valence electrons. The summed E-state index contributed by atoms with van der Waals surface area (Å²) in [5, 5.41) is 10.00. The molecule has 0 spiro atoms. The number of pyridine rings is 1. The van der Waals surface area contributed by atoms with Crippen LogP contribution in [0.2, 0.25) is 0 Å². The Morgan fingerprint density at radius 3 is 2.92 bits per heavy atom. The molecule has 0 saturated carbocycles. The third kappa shape index (κ3) is 2.88. The van der Waals surface area contributed by atoms with E-state index in [1.807, 2.05) is 25.1 Å². The van der Waals surface area contributed by atoms with Gasteiger partial charge in [-0.25, -0.2) is 9.97 Å². The van der Waals surface area contributed by atoms with Crippen LogP contribution in [0.25, 0.3) is 11.5 Å². The van der Waals surface area contributed by atoms with E-state index < -0.39 is 0 Å². The number of hydrogen-bond acceptors (Lipinski definition) is 5. The molecule has 0 bridgehead atoms. The van der Waals surface area contributed by atoms with Crippen LogP contribution in [-0.4, -0.2) is 39.3 Å². The molecule has 2 aromatic heterocycles. The summed E-state index contributed by atoms with van der Waals surface area (Å²) in [5.41, 5.74) is 3.32. The number of aliphatic hydroxyl groups excluding tert-OH is 1. The van der Waals surface area contributed by atoms with Gasteiger partial charge in [0.2, 0.25) is 0 Å². The van der Waals surface area contributed by atoms with Crippen LogP contribution in [0, 0.1) is 5.92 Å². The lowest BCUT2D eigenvalue weighted by atomic mass is 9.93. The van der Waals surface area contributed by atoms with Crippen molar-refractivity contribution in [1.82, 2.24) is 15.0 Å². The second-order valence-corrected chi connectivity index (χ2v) is 6.95. The highest BCUT2D eigenvalue weighted by Gasteiger charge is 2.29. The second kappa shape index (κ2) is 6.48. The quantitative estimate of drug-likeness (QED) is 0.940. The first-order valence-electron chi connectivity index (χ1n) is 8.96. The van der Waals surface area contributed by atoms with E-state index in [1.165, 1.54) is 11.3 Å². The topological polar surface area (TPSA) is 62.1 Å². The summed E-state index contributed by atoms with van der Waals surface area (Å²) >= 11 is 0. The van der Waals surface area contributed by atoms with E-state index in [0.29, 0.717) is 5.92 Å². The number of rotatable bonds is 3. The molecule has 2 unspecified atom stereocenters. The SMILES string of the molecule is CC(O)C1CCCN(c2nc(-c3ccccn3)nc3c2CCC3)C1. The fourth-order valence-electron chi connectivity index (χ4n) is 3.88. The average molecular weight is 324 g/mol. The lowest BCUT2D eigenvalue weighted by Gasteiger charge is -2.36. The van der Waals surface area contributed by atoms with Crippen molar-refractivity contribution in [3.05, 3.63) is 35.7 Å². The Morgan fingerprint density at radius 1 is 1.21 bits per heavy atom. The van der Waals surface area contributed by atoms with Crippen LogP contribution in [0.1, 0.15) is 37.4 Å². The van der Waals surface area contributed by atoms with Gasteiger partial charge in [0.15, 0.2) is 5.82 Å². The average Bonchev–Trinajstić information content (AvgIpc) is 3.10. The maximum atomic E-state index is 10.00. The minimum Gasteiger partial charge on any atom is -0.393 e. The molecule has 3 heterocycles. The number of nitrogens with zero attached hydrogens (tertiary/aromatic N) is 4. The Bertz CT molecular complexity index is 717. The first kappa shape index (κ1) is 15.5. The Balaban J connectivity index is 1.73. The Labute approximate surface area is 142 Å². The maximum Gasteiger partial charge on any atom is 0.180 e. The van der Waals surface area contributed by atoms with Gasteiger partial charge < -0.3 is 10.0 Å². The summed E-state index contributed by atoms with van der Waals surface area (Å²) in [6, 6.07) is 5.86. The third-order valence-electron chi connectivity index (χ3n) is 5.24. The number of aryl methyl sites for hydroxylation is 1. The molecule has 0 amide bonds. The zero-order chi connectivity index (χ0) is 16.5. The molecule has 24 heavy (non-hydrogen) atoms. The van der Waals surface area contributed by atoms with Gasteiger partial charge in [0.1, 0.15) is 11.5 Å². The molecule has 1 aliphatic carbocycles. The van der Waals surface area contributed by atoms with E-state index in [9.17, 15) is 5.11 Å². The van der Waals surface area contributed by atoms with Gasteiger partial charge in [0.25, 0.3) is 0 Å². The van der Waals surface area contributed by atoms with Crippen molar-refractivity contribution in [1.29, 1.82) is 0 Å². The van der Waals surface area contributed by atoms with Gasteiger partial charge in [-0.15, -0.1) is 0 Å². The van der Waals surface area contributed by atoms with E-state index in [-0.39, 0.29) is 6.10 Å². The van der Waals surface area contributed by atoms with Gasteiger partial charge in [-0.05, 0) is 51.2 Å². The van der Waals surface area contributed by atoms with Gasteiger partial charge in [-0.2, -0.15) is 0 Å². The molecule has 1 fully saturated rings. The first-order chi connectivity index (χ1) is 11.7. The highest BCUT2D eigenvalue weighted by molar-refractivity contribution is 5.59. The van der Waals surface area contributed by atoms with Crippen LogP contribution in [-0.2, 0) is 12.8 Å². The van der Waals surface area contributed by atoms with E-state index >= 15 is 0 Å². The number of aliphatic hydroxyl groups is 1. The summed E-state index contributed by atoms with van der Waals surface area (Å²) in [4.78, 5) is 16.5. The van der Waals surface area contributed by atoms with Crippen LogP contribution < -0.4 is 4.90 Å². The van der Waals surface area contributed by atoms with Crippen molar-refractivity contribution in [3.8, 4) is 11.5 Å². The Hall–Kier alpha value is -2.01. The van der Waals surface area contributed by atoms with Crippen LogP contribution in [0.3, 0.4) is 0 Å². The highest BCUT2D eigenvalue weighted by atomic mass is 16.3. The normalized spacial score (nSPS) is 21.6. The van der Waals surface area contributed by atoms with E-state index in [1.54, 1.807) is 6.20 Å². The monoisotopic (exact) mass is 324 g/mol. The standard InChI is InChI=1S/C19H24N4O/c1-13(24)14-6-5-11-23(12-14)19-15-7-4-9-16(15)21-18(22-19)17-8-2-3-10-20-17/h2-3,8,10,13-14,24H,4-7,9,11-12H2,1H3. The number of aromatic nitrogens is 3. The molecule has 4 rings (SSSR count). The zero-order valence-electron chi connectivity index (χ0n) is 14.1. The summed E-state index contributed by atoms with van der Waals surface area (Å²) in [7, 11) is 0. The van der Waals surface area contributed by atoms with E-state index in [4.69, 9.17) is 9.97 Å². The number of fused-ring (bicyclic) bond motifs is 1.